The van der Waals surface area contributed by atoms with Crippen LogP contribution in [0.25, 0.3) is 10.8 Å². The first-order chi connectivity index (χ1) is 8.66. The normalized spacial score (nSPS) is 19.6. The number of aromatic nitrogens is 1. The number of aryl methyl sites for hydroxylation is 1. The van der Waals surface area contributed by atoms with Gasteiger partial charge in [-0.1, -0.05) is 17.7 Å². The van der Waals surface area contributed by atoms with Crippen LogP contribution in [0.3, 0.4) is 0 Å². The smallest absolute Gasteiger partial charge is 0.256 e. The van der Waals surface area contributed by atoms with Gasteiger partial charge in [0.15, 0.2) is 0 Å². The fraction of sp³-hybridized carbons (Fsp3) is 0.357. The summed E-state index contributed by atoms with van der Waals surface area (Å²) in [5.74, 6) is 0. The van der Waals surface area contributed by atoms with E-state index < -0.39 is 0 Å². The van der Waals surface area contributed by atoms with Gasteiger partial charge in [0.2, 0.25) is 0 Å². The molecule has 1 aliphatic heterocycles. The van der Waals surface area contributed by atoms with E-state index in [1.54, 1.807) is 6.07 Å². The van der Waals surface area contributed by atoms with Gasteiger partial charge in [-0.15, -0.1) is 0 Å². The second-order valence-corrected chi connectivity index (χ2v) is 5.27. The number of hydrogen-bond donors (Lipinski definition) is 2. The lowest BCUT2D eigenvalue weighted by Crippen LogP contribution is -2.18. The average molecular weight is 263 g/mol. The molecule has 1 atom stereocenters. The molecule has 0 amide bonds. The second kappa shape index (κ2) is 4.41. The van der Waals surface area contributed by atoms with Crippen LogP contribution in [0.4, 0.5) is 0 Å². The summed E-state index contributed by atoms with van der Waals surface area (Å²) < 4.78 is 0. The van der Waals surface area contributed by atoms with Crippen molar-refractivity contribution in [3.8, 4) is 0 Å². The Balaban J connectivity index is 2.32. The zero-order chi connectivity index (χ0) is 12.7. The minimum Gasteiger partial charge on any atom is -0.326 e. The molecule has 0 aliphatic carbocycles. The van der Waals surface area contributed by atoms with Crippen molar-refractivity contribution in [1.29, 1.82) is 0 Å². The van der Waals surface area contributed by atoms with E-state index in [-0.39, 0.29) is 5.56 Å². The Hall–Kier alpha value is -1.32. The lowest BCUT2D eigenvalue weighted by Gasteiger charge is -2.16. The predicted molar refractivity (Wildman–Crippen MR) is 74.3 cm³/mol. The van der Waals surface area contributed by atoms with Crippen molar-refractivity contribution in [2.24, 2.45) is 0 Å². The van der Waals surface area contributed by atoms with Gasteiger partial charge in [0, 0.05) is 22.1 Å². The highest BCUT2D eigenvalue weighted by molar-refractivity contribution is 6.31. The van der Waals surface area contributed by atoms with E-state index in [1.807, 2.05) is 19.1 Å². The maximum Gasteiger partial charge on any atom is 0.256 e. The van der Waals surface area contributed by atoms with Crippen molar-refractivity contribution in [3.63, 3.8) is 0 Å². The Morgan fingerprint density at radius 2 is 2.17 bits per heavy atom. The first-order valence-corrected chi connectivity index (χ1v) is 6.60. The predicted octanol–water partition coefficient (Wildman–Crippen LogP) is 2.91. The zero-order valence-corrected chi connectivity index (χ0v) is 11.0. The Labute approximate surface area is 110 Å². The summed E-state index contributed by atoms with van der Waals surface area (Å²) in [5, 5.41) is 5.78. The minimum absolute atomic E-state index is 0.0632. The van der Waals surface area contributed by atoms with Crippen LogP contribution < -0.4 is 10.9 Å². The van der Waals surface area contributed by atoms with Crippen molar-refractivity contribution in [1.82, 2.24) is 10.3 Å². The van der Waals surface area contributed by atoms with Crippen molar-refractivity contribution < 1.29 is 0 Å². The van der Waals surface area contributed by atoms with Crippen molar-refractivity contribution in [2.75, 3.05) is 6.54 Å². The van der Waals surface area contributed by atoms with E-state index in [9.17, 15) is 4.79 Å². The monoisotopic (exact) mass is 262 g/mol. The van der Waals surface area contributed by atoms with Crippen LogP contribution in [0.5, 0.6) is 0 Å². The average Bonchev–Trinajstić information content (AvgIpc) is 2.83. The largest absolute Gasteiger partial charge is 0.326 e. The standard InChI is InChI=1S/C14H15ClN2O/c1-8-13(12-3-2-6-16-12)10-5-4-9(15)7-11(10)14(18)17-8/h4-5,7,12,16H,2-3,6H2,1H3,(H,17,18). The van der Waals surface area contributed by atoms with E-state index in [1.165, 1.54) is 12.0 Å². The summed E-state index contributed by atoms with van der Waals surface area (Å²) in [4.78, 5) is 14.9. The van der Waals surface area contributed by atoms with Gasteiger partial charge in [-0.05, 0) is 49.4 Å². The number of rotatable bonds is 1. The zero-order valence-electron chi connectivity index (χ0n) is 10.2. The van der Waals surface area contributed by atoms with Crippen molar-refractivity contribution in [3.05, 3.63) is 44.8 Å². The van der Waals surface area contributed by atoms with Gasteiger partial charge < -0.3 is 10.3 Å². The van der Waals surface area contributed by atoms with Crippen LogP contribution >= 0.6 is 11.6 Å². The molecule has 2 aromatic rings. The molecule has 0 saturated carbocycles. The highest BCUT2D eigenvalue weighted by atomic mass is 35.5. The summed E-state index contributed by atoms with van der Waals surface area (Å²) >= 11 is 5.97. The number of fused-ring (bicyclic) bond motifs is 1. The number of nitrogens with one attached hydrogen (secondary N) is 2. The summed E-state index contributed by atoms with van der Waals surface area (Å²) in [6, 6.07) is 5.88. The summed E-state index contributed by atoms with van der Waals surface area (Å²) in [6.45, 7) is 3.00. The number of benzene rings is 1. The van der Waals surface area contributed by atoms with E-state index in [2.05, 4.69) is 10.3 Å². The van der Waals surface area contributed by atoms with Crippen LogP contribution in [0, 0.1) is 6.92 Å². The Morgan fingerprint density at radius 1 is 1.33 bits per heavy atom. The summed E-state index contributed by atoms with van der Waals surface area (Å²) in [5.41, 5.74) is 2.10. The molecule has 1 fully saturated rings. The Morgan fingerprint density at radius 3 is 2.89 bits per heavy atom. The van der Waals surface area contributed by atoms with Crippen molar-refractivity contribution in [2.45, 2.75) is 25.8 Å². The van der Waals surface area contributed by atoms with Gasteiger partial charge in [0.05, 0.1) is 0 Å². The fourth-order valence-corrected chi connectivity index (χ4v) is 3.00. The Kier molecular flexibility index (Phi) is 2.88. The second-order valence-electron chi connectivity index (χ2n) is 4.83. The van der Waals surface area contributed by atoms with Gasteiger partial charge in [-0.25, -0.2) is 0 Å². The molecule has 2 N–H and O–H groups in total. The highest BCUT2D eigenvalue weighted by Crippen LogP contribution is 2.31. The molecule has 1 aromatic heterocycles. The van der Waals surface area contributed by atoms with Gasteiger partial charge in [-0.3, -0.25) is 4.79 Å². The van der Waals surface area contributed by atoms with Gasteiger partial charge in [0.25, 0.3) is 5.56 Å². The molecule has 18 heavy (non-hydrogen) atoms. The lowest BCUT2D eigenvalue weighted by atomic mass is 9.97. The lowest BCUT2D eigenvalue weighted by molar-refractivity contribution is 0.645. The molecule has 94 valence electrons. The molecule has 0 bridgehead atoms. The third-order valence-corrected chi connectivity index (χ3v) is 3.87. The third-order valence-electron chi connectivity index (χ3n) is 3.63. The number of aromatic amines is 1. The molecule has 4 heteroatoms. The van der Waals surface area contributed by atoms with E-state index >= 15 is 0 Å². The van der Waals surface area contributed by atoms with Crippen LogP contribution in [-0.4, -0.2) is 11.5 Å². The molecule has 0 spiro atoms. The molecular formula is C14H15ClN2O. The Bertz CT molecular complexity index is 657. The molecule has 1 aliphatic rings. The van der Waals surface area contributed by atoms with Crippen molar-refractivity contribution >= 4 is 22.4 Å². The molecule has 1 aromatic carbocycles. The van der Waals surface area contributed by atoms with Gasteiger partial charge in [0.1, 0.15) is 0 Å². The number of hydrogen-bond acceptors (Lipinski definition) is 2. The quantitative estimate of drug-likeness (QED) is 0.830. The van der Waals surface area contributed by atoms with E-state index in [0.717, 1.165) is 24.0 Å². The van der Waals surface area contributed by atoms with E-state index in [4.69, 9.17) is 11.6 Å². The first kappa shape index (κ1) is 11.8. The molecule has 3 rings (SSSR count). The number of H-pyrrole nitrogens is 1. The van der Waals surface area contributed by atoms with E-state index in [0.29, 0.717) is 16.5 Å². The third kappa shape index (κ3) is 1.84. The summed E-state index contributed by atoms with van der Waals surface area (Å²) in [6.07, 6.45) is 2.29. The highest BCUT2D eigenvalue weighted by Gasteiger charge is 2.21. The summed E-state index contributed by atoms with van der Waals surface area (Å²) in [7, 11) is 0. The maximum absolute atomic E-state index is 12.0. The van der Waals surface area contributed by atoms with Gasteiger partial charge in [-0.2, -0.15) is 0 Å². The SMILES string of the molecule is Cc1[nH]c(=O)c2cc(Cl)ccc2c1C1CCCN1. The molecule has 1 unspecified atom stereocenters. The first-order valence-electron chi connectivity index (χ1n) is 6.22. The topological polar surface area (TPSA) is 44.9 Å². The molecule has 0 radical (unpaired) electrons. The van der Waals surface area contributed by atoms with Gasteiger partial charge >= 0.3 is 0 Å². The molecule has 3 nitrogen and oxygen atoms in total. The molecule has 2 heterocycles. The number of pyridine rings is 1. The van der Waals surface area contributed by atoms with Crippen LogP contribution in [0.15, 0.2) is 23.0 Å². The molecular weight excluding hydrogens is 248 g/mol. The minimum atomic E-state index is -0.0632. The van der Waals surface area contributed by atoms with Crippen LogP contribution in [-0.2, 0) is 0 Å². The fourth-order valence-electron chi connectivity index (χ4n) is 2.83. The maximum atomic E-state index is 12.0. The molecule has 1 saturated heterocycles. The van der Waals surface area contributed by atoms with Crippen LogP contribution in [0.1, 0.15) is 30.1 Å². The number of halogens is 1. The van der Waals surface area contributed by atoms with Crippen LogP contribution in [0.2, 0.25) is 5.02 Å².